The largest absolute Gasteiger partial charge is 0.472 e. The zero-order valence-corrected chi connectivity index (χ0v) is 25.9. The lowest BCUT2D eigenvalue weighted by molar-refractivity contribution is -0.870. The highest BCUT2D eigenvalue weighted by atomic mass is 32.2. The molecular weight excluding hydrogens is 515 g/mol. The summed E-state index contributed by atoms with van der Waals surface area (Å²) in [6.45, 7) is 6.78. The molecule has 37 heavy (non-hydrogen) atoms. The van der Waals surface area contributed by atoms with Crippen molar-refractivity contribution in [3.8, 4) is 0 Å². The van der Waals surface area contributed by atoms with Crippen LogP contribution in [0.4, 0.5) is 0 Å². The molecule has 0 bridgehead atoms. The molecule has 0 aliphatic heterocycles. The van der Waals surface area contributed by atoms with Crippen LogP contribution in [0.15, 0.2) is 0 Å². The lowest BCUT2D eigenvalue weighted by atomic mass is 10.1. The summed E-state index contributed by atoms with van der Waals surface area (Å²) in [7, 11) is 1.73. The average Bonchev–Trinajstić information content (AvgIpc) is 2.80. The third kappa shape index (κ3) is 28.6. The zero-order chi connectivity index (χ0) is 27.8. The summed E-state index contributed by atoms with van der Waals surface area (Å²) >= 11 is 1.59. The number of likely N-dealkylation sites (N-methyl/N-ethyl adjacent to an activating group) is 1. The maximum absolute atomic E-state index is 12.1. The van der Waals surface area contributed by atoms with E-state index in [2.05, 4.69) is 12.2 Å². The van der Waals surface area contributed by atoms with Gasteiger partial charge in [-0.3, -0.25) is 13.8 Å². The van der Waals surface area contributed by atoms with Crippen LogP contribution in [0.2, 0.25) is 0 Å². The van der Waals surface area contributed by atoms with Crippen LogP contribution in [-0.4, -0.2) is 100 Å². The van der Waals surface area contributed by atoms with Gasteiger partial charge in [0, 0.05) is 25.0 Å². The number of ether oxygens (including phenoxy) is 2. The van der Waals surface area contributed by atoms with Crippen LogP contribution >= 0.6 is 19.6 Å². The Labute approximate surface area is 230 Å². The van der Waals surface area contributed by atoms with Crippen molar-refractivity contribution in [3.63, 3.8) is 0 Å². The third-order valence-electron chi connectivity index (χ3n) is 5.57. The molecular formula is C26H56N2O7PS+. The molecule has 9 nitrogen and oxygen atoms in total. The highest BCUT2D eigenvalue weighted by Gasteiger charge is 2.24. The Morgan fingerprint density at radius 2 is 1.43 bits per heavy atom. The molecule has 2 N–H and O–H groups in total. The molecule has 0 fully saturated rings. The zero-order valence-electron chi connectivity index (χ0n) is 24.2. The van der Waals surface area contributed by atoms with E-state index in [1.165, 1.54) is 64.7 Å². The first-order chi connectivity index (χ1) is 17.6. The molecule has 0 heterocycles. The minimum absolute atomic E-state index is 0.0988. The fourth-order valence-electron chi connectivity index (χ4n) is 3.43. The summed E-state index contributed by atoms with van der Waals surface area (Å²) < 4.78 is 34.1. The van der Waals surface area contributed by atoms with Gasteiger partial charge in [0.25, 0.3) is 0 Å². The standard InChI is InChI=1S/C26H55N2O7PS/c1-6-7-8-9-10-11-12-13-14-15-17-32-19-20-33-21-22-37-24-26(27-25(2)29)23-35-36(30,31)34-18-16-28(3,4)5/h26H,6-24H2,1-5H3,(H-,27,29,30,31)/p+1. The van der Waals surface area contributed by atoms with E-state index in [1.54, 1.807) is 11.8 Å². The van der Waals surface area contributed by atoms with Gasteiger partial charge in [-0.05, 0) is 6.42 Å². The summed E-state index contributed by atoms with van der Waals surface area (Å²) in [5.74, 6) is 1.06. The summed E-state index contributed by atoms with van der Waals surface area (Å²) in [4.78, 5) is 21.3. The molecule has 0 aliphatic carbocycles. The molecule has 0 rings (SSSR count). The SMILES string of the molecule is CCCCCCCCCCCCOCCOCCSCC(COP(=O)(O)OCC[N+](C)(C)C)NC(C)=O. The lowest BCUT2D eigenvalue weighted by Crippen LogP contribution is -2.39. The van der Waals surface area contributed by atoms with Crippen LogP contribution in [-0.2, 0) is 27.9 Å². The number of phosphoric ester groups is 1. The predicted octanol–water partition coefficient (Wildman–Crippen LogP) is 5.02. The smallest absolute Gasteiger partial charge is 0.379 e. The number of hydrogen-bond donors (Lipinski definition) is 2. The number of carbonyl (C=O) groups is 1. The van der Waals surface area contributed by atoms with Gasteiger partial charge in [0.15, 0.2) is 0 Å². The van der Waals surface area contributed by atoms with Crippen molar-refractivity contribution in [2.45, 2.75) is 84.1 Å². The second-order valence-electron chi connectivity index (χ2n) is 10.5. The second-order valence-corrected chi connectivity index (χ2v) is 13.1. The van der Waals surface area contributed by atoms with Crippen LogP contribution in [0, 0.1) is 0 Å². The van der Waals surface area contributed by atoms with Crippen molar-refractivity contribution in [1.29, 1.82) is 0 Å². The summed E-state index contributed by atoms with van der Waals surface area (Å²) in [5.41, 5.74) is 0. The molecule has 0 aliphatic rings. The highest BCUT2D eigenvalue weighted by molar-refractivity contribution is 7.99. The fraction of sp³-hybridized carbons (Fsp3) is 0.962. The maximum Gasteiger partial charge on any atom is 0.472 e. The number of unbranched alkanes of at least 4 members (excludes halogenated alkanes) is 9. The molecule has 1 amide bonds. The fourth-order valence-corrected chi connectivity index (χ4v) is 5.05. The van der Waals surface area contributed by atoms with E-state index in [0.717, 1.165) is 18.8 Å². The Balaban J connectivity index is 3.71. The van der Waals surface area contributed by atoms with Crippen molar-refractivity contribution in [2.24, 2.45) is 0 Å². The number of phosphoric acid groups is 1. The van der Waals surface area contributed by atoms with E-state index in [0.29, 0.717) is 36.6 Å². The van der Waals surface area contributed by atoms with Gasteiger partial charge in [-0.1, -0.05) is 64.7 Å². The van der Waals surface area contributed by atoms with E-state index >= 15 is 0 Å². The monoisotopic (exact) mass is 571 g/mol. The molecule has 0 aromatic rings. The molecule has 222 valence electrons. The summed E-state index contributed by atoms with van der Waals surface area (Å²) in [5, 5.41) is 2.75. The van der Waals surface area contributed by atoms with Crippen molar-refractivity contribution in [2.75, 3.05) is 78.8 Å². The number of quaternary nitrogens is 1. The van der Waals surface area contributed by atoms with Crippen molar-refractivity contribution < 1.29 is 37.3 Å². The quantitative estimate of drug-likeness (QED) is 0.0805. The minimum atomic E-state index is -4.16. The number of thioether (sulfide) groups is 1. The third-order valence-corrected chi connectivity index (χ3v) is 7.65. The molecule has 2 atom stereocenters. The molecule has 0 aromatic heterocycles. The number of carbonyl (C=O) groups excluding carboxylic acids is 1. The first-order valence-corrected chi connectivity index (χ1v) is 16.6. The molecule has 0 radical (unpaired) electrons. The van der Waals surface area contributed by atoms with Crippen LogP contribution < -0.4 is 5.32 Å². The van der Waals surface area contributed by atoms with E-state index in [-0.39, 0.29) is 19.1 Å². The van der Waals surface area contributed by atoms with Crippen molar-refractivity contribution in [3.05, 3.63) is 0 Å². The Hall–Kier alpha value is -0.190. The molecule has 0 spiro atoms. The average molecular weight is 572 g/mol. The van der Waals surface area contributed by atoms with E-state index in [1.807, 2.05) is 21.1 Å². The van der Waals surface area contributed by atoms with Gasteiger partial charge < -0.3 is 24.2 Å². The molecule has 2 unspecified atom stereocenters. The van der Waals surface area contributed by atoms with Crippen LogP contribution in [0.1, 0.15) is 78.1 Å². The first kappa shape index (κ1) is 36.8. The lowest BCUT2D eigenvalue weighted by Gasteiger charge is -2.24. The number of nitrogens with one attached hydrogen (secondary N) is 1. The normalized spacial score (nSPS) is 14.4. The van der Waals surface area contributed by atoms with Gasteiger partial charge in [0.1, 0.15) is 13.2 Å². The second kappa shape index (κ2) is 23.7. The number of amides is 1. The van der Waals surface area contributed by atoms with Gasteiger partial charge in [0.05, 0.1) is 53.6 Å². The first-order valence-electron chi connectivity index (χ1n) is 14.0. The summed E-state index contributed by atoms with van der Waals surface area (Å²) in [6.07, 6.45) is 13.2. The van der Waals surface area contributed by atoms with E-state index in [9.17, 15) is 14.3 Å². The summed E-state index contributed by atoms with van der Waals surface area (Å²) in [6, 6.07) is -0.394. The Morgan fingerprint density at radius 1 is 0.865 bits per heavy atom. The molecule has 0 saturated carbocycles. The van der Waals surface area contributed by atoms with Crippen molar-refractivity contribution in [1.82, 2.24) is 5.32 Å². The topological polar surface area (TPSA) is 103 Å². The Morgan fingerprint density at radius 3 is 2.00 bits per heavy atom. The minimum Gasteiger partial charge on any atom is -0.379 e. The van der Waals surface area contributed by atoms with Crippen LogP contribution in [0.25, 0.3) is 0 Å². The van der Waals surface area contributed by atoms with Gasteiger partial charge in [0.2, 0.25) is 5.91 Å². The number of nitrogens with zero attached hydrogens (tertiary/aromatic N) is 1. The van der Waals surface area contributed by atoms with Gasteiger partial charge in [-0.15, -0.1) is 0 Å². The van der Waals surface area contributed by atoms with E-state index in [4.69, 9.17) is 18.5 Å². The van der Waals surface area contributed by atoms with Crippen LogP contribution in [0.5, 0.6) is 0 Å². The Bertz CT molecular complexity index is 594. The number of rotatable bonds is 27. The van der Waals surface area contributed by atoms with Gasteiger partial charge in [-0.25, -0.2) is 4.57 Å². The van der Waals surface area contributed by atoms with Gasteiger partial charge in [-0.2, -0.15) is 11.8 Å². The highest BCUT2D eigenvalue weighted by Crippen LogP contribution is 2.43. The molecule has 11 heteroatoms. The van der Waals surface area contributed by atoms with Gasteiger partial charge >= 0.3 is 7.82 Å². The predicted molar refractivity (Wildman–Crippen MR) is 153 cm³/mol. The molecule has 0 saturated heterocycles. The number of hydrogen-bond acceptors (Lipinski definition) is 7. The maximum atomic E-state index is 12.1. The Kier molecular flexibility index (Phi) is 23.6. The molecule has 0 aromatic carbocycles. The van der Waals surface area contributed by atoms with E-state index < -0.39 is 13.9 Å². The van der Waals surface area contributed by atoms with Crippen molar-refractivity contribution >= 4 is 25.5 Å². The van der Waals surface area contributed by atoms with Crippen LogP contribution in [0.3, 0.4) is 0 Å².